The van der Waals surface area contributed by atoms with Crippen molar-refractivity contribution in [2.45, 2.75) is 40.0 Å². The molecule has 0 aliphatic carbocycles. The molecule has 176 valence electrons. The van der Waals surface area contributed by atoms with Gasteiger partial charge in [0, 0.05) is 17.2 Å². The first-order valence-electron chi connectivity index (χ1n) is 10.9. The summed E-state index contributed by atoms with van der Waals surface area (Å²) in [6.07, 6.45) is 3.04. The lowest BCUT2D eigenvalue weighted by Gasteiger charge is -2.13. The van der Waals surface area contributed by atoms with Crippen LogP contribution in [0.3, 0.4) is 0 Å². The van der Waals surface area contributed by atoms with Crippen molar-refractivity contribution in [3.63, 3.8) is 0 Å². The van der Waals surface area contributed by atoms with Gasteiger partial charge in [0.05, 0.1) is 12.2 Å². The Morgan fingerprint density at radius 3 is 2.30 bits per heavy atom. The lowest BCUT2D eigenvalue weighted by Crippen LogP contribution is -2.48. The van der Waals surface area contributed by atoms with Crippen molar-refractivity contribution in [3.8, 4) is 5.75 Å². The number of hydrogen-bond donors (Lipinski definition) is 4. The molecule has 0 spiro atoms. The van der Waals surface area contributed by atoms with Gasteiger partial charge in [0.2, 0.25) is 5.91 Å². The third kappa shape index (κ3) is 8.53. The monoisotopic (exact) mass is 470 g/mol. The van der Waals surface area contributed by atoms with Crippen molar-refractivity contribution >= 4 is 40.7 Å². The van der Waals surface area contributed by atoms with E-state index in [9.17, 15) is 14.4 Å². The van der Waals surface area contributed by atoms with Gasteiger partial charge in [0.15, 0.2) is 5.11 Å². The van der Waals surface area contributed by atoms with E-state index in [1.807, 2.05) is 0 Å². The summed E-state index contributed by atoms with van der Waals surface area (Å²) in [4.78, 5) is 36.6. The summed E-state index contributed by atoms with van der Waals surface area (Å²) < 4.78 is 5.72. The molecular weight excluding hydrogens is 440 g/mol. The molecule has 0 heterocycles. The Labute approximate surface area is 199 Å². The molecule has 0 saturated heterocycles. The van der Waals surface area contributed by atoms with E-state index in [0.29, 0.717) is 29.2 Å². The van der Waals surface area contributed by atoms with E-state index in [1.165, 1.54) is 0 Å². The van der Waals surface area contributed by atoms with Crippen LogP contribution in [0.5, 0.6) is 5.75 Å². The Morgan fingerprint density at radius 1 is 0.939 bits per heavy atom. The predicted octanol–water partition coefficient (Wildman–Crippen LogP) is 3.80. The quantitative estimate of drug-likeness (QED) is 0.252. The van der Waals surface area contributed by atoms with Gasteiger partial charge in [-0.3, -0.25) is 30.6 Å². The van der Waals surface area contributed by atoms with Crippen LogP contribution in [0.15, 0.2) is 48.5 Å². The lowest BCUT2D eigenvalue weighted by atomic mass is 10.1. The van der Waals surface area contributed by atoms with Crippen molar-refractivity contribution in [2.24, 2.45) is 5.92 Å². The highest BCUT2D eigenvalue weighted by molar-refractivity contribution is 7.80. The number of hydrazine groups is 1. The summed E-state index contributed by atoms with van der Waals surface area (Å²) in [5, 5.41) is 5.22. The number of ether oxygens (including phenoxy) is 1. The van der Waals surface area contributed by atoms with Crippen LogP contribution in [-0.4, -0.2) is 29.4 Å². The summed E-state index contributed by atoms with van der Waals surface area (Å²) in [7, 11) is 0. The van der Waals surface area contributed by atoms with E-state index in [-0.39, 0.29) is 16.9 Å². The van der Waals surface area contributed by atoms with E-state index in [2.05, 4.69) is 28.4 Å². The van der Waals surface area contributed by atoms with Crippen LogP contribution in [0.1, 0.15) is 60.7 Å². The smallest absolute Gasteiger partial charge is 0.269 e. The largest absolute Gasteiger partial charge is 0.493 e. The van der Waals surface area contributed by atoms with Crippen molar-refractivity contribution in [1.82, 2.24) is 16.2 Å². The SMILES string of the molecule is CCCCCOc1ccccc1C(=O)NC(=S)NNC(=O)c1ccc(NC(=O)C(C)C)cc1. The van der Waals surface area contributed by atoms with Crippen LogP contribution >= 0.6 is 12.2 Å². The zero-order chi connectivity index (χ0) is 24.2. The third-order valence-corrected chi connectivity index (χ3v) is 4.80. The maximum atomic E-state index is 12.6. The Balaban J connectivity index is 1.86. The number of thiocarbonyl (C=S) groups is 1. The second-order valence-corrected chi connectivity index (χ2v) is 8.04. The van der Waals surface area contributed by atoms with Crippen LogP contribution in [0, 0.1) is 5.92 Å². The molecule has 0 fully saturated rings. The van der Waals surface area contributed by atoms with Gasteiger partial charge in [0.1, 0.15) is 5.75 Å². The molecule has 0 unspecified atom stereocenters. The molecule has 0 aliphatic heterocycles. The number of anilines is 1. The van der Waals surface area contributed by atoms with Crippen molar-refractivity contribution < 1.29 is 19.1 Å². The van der Waals surface area contributed by atoms with Crippen molar-refractivity contribution in [1.29, 1.82) is 0 Å². The highest BCUT2D eigenvalue weighted by Gasteiger charge is 2.14. The van der Waals surface area contributed by atoms with Crippen LogP contribution in [0.4, 0.5) is 5.69 Å². The third-order valence-electron chi connectivity index (χ3n) is 4.59. The molecule has 9 heteroatoms. The normalized spacial score (nSPS) is 10.3. The maximum absolute atomic E-state index is 12.6. The van der Waals surface area contributed by atoms with Gasteiger partial charge in [-0.25, -0.2) is 0 Å². The number of nitrogens with one attached hydrogen (secondary N) is 4. The Morgan fingerprint density at radius 2 is 1.64 bits per heavy atom. The number of amides is 3. The topological polar surface area (TPSA) is 109 Å². The molecule has 0 aliphatic rings. The number of benzene rings is 2. The average molecular weight is 471 g/mol. The highest BCUT2D eigenvalue weighted by Crippen LogP contribution is 2.18. The van der Waals surface area contributed by atoms with E-state index >= 15 is 0 Å². The number of carbonyl (C=O) groups is 3. The molecule has 0 aromatic heterocycles. The number of rotatable bonds is 9. The molecule has 0 radical (unpaired) electrons. The van der Waals surface area contributed by atoms with E-state index in [0.717, 1.165) is 19.3 Å². The minimum atomic E-state index is -0.451. The minimum Gasteiger partial charge on any atom is -0.493 e. The van der Waals surface area contributed by atoms with Gasteiger partial charge >= 0.3 is 0 Å². The van der Waals surface area contributed by atoms with Gasteiger partial charge < -0.3 is 10.1 Å². The van der Waals surface area contributed by atoms with Crippen LogP contribution in [-0.2, 0) is 4.79 Å². The fourth-order valence-corrected chi connectivity index (χ4v) is 2.84. The number of unbranched alkanes of at least 4 members (excludes halogenated alkanes) is 2. The summed E-state index contributed by atoms with van der Waals surface area (Å²) in [6, 6.07) is 13.3. The van der Waals surface area contributed by atoms with Crippen LogP contribution < -0.4 is 26.2 Å². The molecule has 2 aromatic carbocycles. The second kappa shape index (κ2) is 13.2. The van der Waals surface area contributed by atoms with Crippen LogP contribution in [0.25, 0.3) is 0 Å². The first-order chi connectivity index (χ1) is 15.8. The van der Waals surface area contributed by atoms with Gasteiger partial charge in [-0.2, -0.15) is 0 Å². The van der Waals surface area contributed by atoms with Gasteiger partial charge in [-0.15, -0.1) is 0 Å². The summed E-state index contributed by atoms with van der Waals surface area (Å²) in [5.41, 5.74) is 6.24. The summed E-state index contributed by atoms with van der Waals surface area (Å²) in [6.45, 7) is 6.22. The number of para-hydroxylation sites is 1. The van der Waals surface area contributed by atoms with Crippen molar-refractivity contribution in [2.75, 3.05) is 11.9 Å². The lowest BCUT2D eigenvalue weighted by molar-refractivity contribution is -0.118. The second-order valence-electron chi connectivity index (χ2n) is 7.64. The van der Waals surface area contributed by atoms with Gasteiger partial charge in [-0.1, -0.05) is 45.7 Å². The Bertz CT molecular complexity index is 977. The molecule has 0 atom stereocenters. The molecule has 33 heavy (non-hydrogen) atoms. The van der Waals surface area contributed by atoms with E-state index in [1.54, 1.807) is 62.4 Å². The molecule has 2 rings (SSSR count). The zero-order valence-corrected chi connectivity index (χ0v) is 19.9. The molecular formula is C24H30N4O4S. The highest BCUT2D eigenvalue weighted by atomic mass is 32.1. The minimum absolute atomic E-state index is 0.0602. The van der Waals surface area contributed by atoms with Gasteiger partial charge in [-0.05, 0) is 55.0 Å². The van der Waals surface area contributed by atoms with Crippen LogP contribution in [0.2, 0.25) is 0 Å². The molecule has 3 amide bonds. The first kappa shape index (κ1) is 25.8. The van der Waals surface area contributed by atoms with Gasteiger partial charge in [0.25, 0.3) is 11.8 Å². The molecule has 2 aromatic rings. The predicted molar refractivity (Wildman–Crippen MR) is 132 cm³/mol. The maximum Gasteiger partial charge on any atom is 0.269 e. The first-order valence-corrected chi connectivity index (χ1v) is 11.3. The average Bonchev–Trinajstić information content (AvgIpc) is 2.81. The van der Waals surface area contributed by atoms with E-state index < -0.39 is 11.8 Å². The standard InChI is InChI=1S/C24H30N4O4S/c1-4-5-8-15-32-20-10-7-6-9-19(20)23(31)26-24(33)28-27-22(30)17-11-13-18(14-12-17)25-21(29)16(2)3/h6-7,9-14,16H,4-5,8,15H2,1-3H3,(H,25,29)(H,27,30)(H2,26,28,31,33). The molecule has 4 N–H and O–H groups in total. The Kier molecular flexibility index (Phi) is 10.3. The molecule has 0 saturated carbocycles. The zero-order valence-electron chi connectivity index (χ0n) is 19.1. The summed E-state index contributed by atoms with van der Waals surface area (Å²) in [5.74, 6) is -0.676. The fraction of sp³-hybridized carbons (Fsp3) is 0.333. The number of hydrogen-bond acceptors (Lipinski definition) is 5. The van der Waals surface area contributed by atoms with Crippen molar-refractivity contribution in [3.05, 3.63) is 59.7 Å². The fourth-order valence-electron chi connectivity index (χ4n) is 2.69. The Hall–Kier alpha value is -3.46. The van der Waals surface area contributed by atoms with E-state index in [4.69, 9.17) is 17.0 Å². The number of carbonyl (C=O) groups excluding carboxylic acids is 3. The molecule has 8 nitrogen and oxygen atoms in total. The summed E-state index contributed by atoms with van der Waals surface area (Å²) >= 11 is 5.11. The molecule has 0 bridgehead atoms.